The molecule has 0 spiro atoms. The number of rotatable bonds is 6. The number of ether oxygens (including phenoxy) is 2. The lowest BCUT2D eigenvalue weighted by molar-refractivity contribution is -0.0368. The first-order valence-corrected chi connectivity index (χ1v) is 12.6. The lowest BCUT2D eigenvalue weighted by atomic mass is 9.97. The number of carbonyl (C=O) groups is 2. The summed E-state index contributed by atoms with van der Waals surface area (Å²) in [7, 11) is 4.58. The first kappa shape index (κ1) is 31.5. The van der Waals surface area contributed by atoms with Crippen molar-refractivity contribution >= 4 is 17.6 Å². The third kappa shape index (κ3) is 9.26. The molecule has 0 aromatic carbocycles. The van der Waals surface area contributed by atoms with Gasteiger partial charge in [0.2, 0.25) is 11.6 Å². The smallest absolute Gasteiger partial charge is 0.318 e. The van der Waals surface area contributed by atoms with Crippen molar-refractivity contribution in [2.45, 2.75) is 57.0 Å². The average Bonchev–Trinajstić information content (AvgIpc) is 3.56. The van der Waals surface area contributed by atoms with Crippen LogP contribution < -0.4 is 15.4 Å². The van der Waals surface area contributed by atoms with E-state index >= 15 is 0 Å². The lowest BCUT2D eigenvalue weighted by Crippen LogP contribution is -2.56. The summed E-state index contributed by atoms with van der Waals surface area (Å²) in [5.74, 6) is -5.92. The summed E-state index contributed by atoms with van der Waals surface area (Å²) in [5.41, 5.74) is 1.36. The minimum absolute atomic E-state index is 0.0389. The molecule has 1 aliphatic heterocycles. The number of aromatic nitrogens is 5. The Morgan fingerprint density at radius 2 is 1.83 bits per heavy atom. The number of halogens is 4. The molecule has 13 nitrogen and oxygen atoms in total. The van der Waals surface area contributed by atoms with E-state index in [0.717, 1.165) is 11.3 Å². The Balaban J connectivity index is 0.000000354. The van der Waals surface area contributed by atoms with Gasteiger partial charge in [-0.05, 0) is 34.8 Å². The molecule has 3 amide bonds. The highest BCUT2D eigenvalue weighted by Crippen LogP contribution is 2.32. The van der Waals surface area contributed by atoms with Gasteiger partial charge in [0.15, 0.2) is 5.65 Å². The van der Waals surface area contributed by atoms with E-state index in [0.29, 0.717) is 29.7 Å². The SMILES string of the molecule is COC.COc1nonc1C(=O)NCc1cn2ncc(CN3CC(F)(F)CNC3=O)cc2n1.FC1(F)CCCCC1. The van der Waals surface area contributed by atoms with Crippen molar-refractivity contribution in [2.24, 2.45) is 0 Å². The van der Waals surface area contributed by atoms with Gasteiger partial charge in [0.25, 0.3) is 17.7 Å². The summed E-state index contributed by atoms with van der Waals surface area (Å²) in [6, 6.07) is 1.06. The fourth-order valence-corrected chi connectivity index (χ4v) is 3.98. The Labute approximate surface area is 232 Å². The quantitative estimate of drug-likeness (QED) is 0.415. The van der Waals surface area contributed by atoms with Gasteiger partial charge in [-0.25, -0.2) is 36.5 Å². The van der Waals surface area contributed by atoms with E-state index < -0.39 is 36.9 Å². The van der Waals surface area contributed by atoms with Crippen molar-refractivity contribution in [2.75, 3.05) is 34.4 Å². The summed E-state index contributed by atoms with van der Waals surface area (Å²) in [6.45, 7) is -1.32. The highest BCUT2D eigenvalue weighted by Gasteiger charge is 2.38. The van der Waals surface area contributed by atoms with Crippen molar-refractivity contribution in [3.05, 3.63) is 35.4 Å². The predicted molar refractivity (Wildman–Crippen MR) is 135 cm³/mol. The molecule has 5 rings (SSSR count). The van der Waals surface area contributed by atoms with E-state index in [2.05, 4.69) is 40.4 Å². The van der Waals surface area contributed by atoms with Crippen LogP contribution in [0.5, 0.6) is 5.88 Å². The molecule has 2 aliphatic rings. The van der Waals surface area contributed by atoms with E-state index in [4.69, 9.17) is 4.74 Å². The summed E-state index contributed by atoms with van der Waals surface area (Å²) in [4.78, 5) is 29.3. The maximum Gasteiger partial charge on any atom is 0.318 e. The van der Waals surface area contributed by atoms with Crippen molar-refractivity contribution in [1.82, 2.24) is 40.4 Å². The van der Waals surface area contributed by atoms with E-state index in [9.17, 15) is 27.2 Å². The van der Waals surface area contributed by atoms with Gasteiger partial charge in [-0.15, -0.1) is 0 Å². The van der Waals surface area contributed by atoms with Crippen molar-refractivity contribution in [3.63, 3.8) is 0 Å². The molecule has 0 unspecified atom stereocenters. The average molecular weight is 589 g/mol. The minimum Gasteiger partial charge on any atom is -0.477 e. The van der Waals surface area contributed by atoms with Crippen molar-refractivity contribution in [3.8, 4) is 5.88 Å². The lowest BCUT2D eigenvalue weighted by Gasteiger charge is -2.32. The Morgan fingerprint density at radius 3 is 2.46 bits per heavy atom. The Morgan fingerprint density at radius 1 is 1.12 bits per heavy atom. The van der Waals surface area contributed by atoms with Gasteiger partial charge in [0, 0.05) is 33.6 Å². The van der Waals surface area contributed by atoms with Gasteiger partial charge < -0.3 is 25.0 Å². The number of hydrogen-bond donors (Lipinski definition) is 2. The molecule has 0 radical (unpaired) electrons. The number of urea groups is 1. The van der Waals surface area contributed by atoms with Gasteiger partial charge in [-0.3, -0.25) is 4.79 Å². The first-order valence-electron chi connectivity index (χ1n) is 12.6. The van der Waals surface area contributed by atoms with Crippen LogP contribution in [-0.4, -0.2) is 88.0 Å². The number of nitrogens with one attached hydrogen (secondary N) is 2. The minimum atomic E-state index is -2.99. The zero-order chi connectivity index (χ0) is 30.0. The van der Waals surface area contributed by atoms with Crippen LogP contribution in [0.1, 0.15) is 53.8 Å². The number of carbonyl (C=O) groups excluding carboxylic acids is 2. The fourth-order valence-electron chi connectivity index (χ4n) is 3.98. The third-order valence-electron chi connectivity index (χ3n) is 5.89. The number of nitrogens with zero attached hydrogens (tertiary/aromatic N) is 6. The molecule has 0 bridgehead atoms. The van der Waals surface area contributed by atoms with Crippen molar-refractivity contribution in [1.29, 1.82) is 0 Å². The van der Waals surface area contributed by atoms with E-state index in [1.807, 2.05) is 0 Å². The maximum atomic E-state index is 13.5. The molecule has 2 N–H and O–H groups in total. The number of fused-ring (bicyclic) bond motifs is 1. The molecule has 226 valence electrons. The summed E-state index contributed by atoms with van der Waals surface area (Å²) in [6.07, 6.45) is 5.72. The predicted octanol–water partition coefficient (Wildman–Crippen LogP) is 3.06. The van der Waals surface area contributed by atoms with E-state index in [-0.39, 0.29) is 37.5 Å². The fraction of sp³-hybridized carbons (Fsp3) is 0.583. The Hall–Kier alpha value is -4.02. The van der Waals surface area contributed by atoms with Crippen LogP contribution >= 0.6 is 0 Å². The largest absolute Gasteiger partial charge is 0.477 e. The second-order valence-corrected chi connectivity index (χ2v) is 9.40. The van der Waals surface area contributed by atoms with Gasteiger partial charge >= 0.3 is 6.03 Å². The second kappa shape index (κ2) is 14.0. The van der Waals surface area contributed by atoms with Crippen LogP contribution in [0, 0.1) is 0 Å². The molecule has 2 fully saturated rings. The maximum absolute atomic E-state index is 13.5. The normalized spacial score (nSPS) is 17.4. The van der Waals surface area contributed by atoms with Gasteiger partial charge in [0.05, 0.1) is 44.8 Å². The third-order valence-corrected chi connectivity index (χ3v) is 5.89. The van der Waals surface area contributed by atoms with Crippen molar-refractivity contribution < 1.29 is 41.3 Å². The number of amides is 3. The molecule has 1 aliphatic carbocycles. The Bertz CT molecular complexity index is 1290. The van der Waals surface area contributed by atoms with Gasteiger partial charge in [0.1, 0.15) is 0 Å². The molecule has 4 heterocycles. The van der Waals surface area contributed by atoms with Crippen LogP contribution in [0.15, 0.2) is 23.1 Å². The number of methoxy groups -OCH3 is 2. The van der Waals surface area contributed by atoms with E-state index in [1.54, 1.807) is 26.5 Å². The van der Waals surface area contributed by atoms with Crippen LogP contribution in [0.2, 0.25) is 0 Å². The molecule has 1 saturated carbocycles. The van der Waals surface area contributed by atoms with Crippen LogP contribution in [0.25, 0.3) is 5.65 Å². The van der Waals surface area contributed by atoms with Crippen LogP contribution in [0.4, 0.5) is 22.4 Å². The number of hydrogen-bond acceptors (Lipinski definition) is 9. The summed E-state index contributed by atoms with van der Waals surface area (Å²) >= 11 is 0. The summed E-state index contributed by atoms with van der Waals surface area (Å²) in [5, 5.41) is 15.8. The monoisotopic (exact) mass is 588 g/mol. The Kier molecular flexibility index (Phi) is 10.8. The molecule has 41 heavy (non-hydrogen) atoms. The molecule has 3 aromatic heterocycles. The number of alkyl halides is 4. The highest BCUT2D eigenvalue weighted by atomic mass is 19.3. The highest BCUT2D eigenvalue weighted by molar-refractivity contribution is 5.94. The molecule has 1 saturated heterocycles. The van der Waals surface area contributed by atoms with Gasteiger partial charge in [-0.2, -0.15) is 5.10 Å². The molecular formula is C24H32F4N8O5. The molecular weight excluding hydrogens is 556 g/mol. The standard InChI is InChI=1S/C16H16F2N8O4.C6H10F2.C2H6O/c1-29-14-12(23-30-24-14)13(27)19-4-10-6-26-11(22-10)2-9(3-21-26)5-25-8-16(17,18)7-20-15(25)28;7-6(8)4-2-1-3-5-6;1-3-2/h2-3,6H,4-5,7-8H2,1H3,(H,19,27)(H,20,28);1-5H2;1-2H3. The molecule has 17 heteroatoms. The number of imidazole rings is 1. The second-order valence-electron chi connectivity index (χ2n) is 9.40. The zero-order valence-electron chi connectivity index (χ0n) is 22.8. The van der Waals surface area contributed by atoms with Crippen LogP contribution in [0.3, 0.4) is 0 Å². The first-order chi connectivity index (χ1) is 19.5. The van der Waals surface area contributed by atoms with Crippen LogP contribution in [-0.2, 0) is 17.8 Å². The molecule has 3 aromatic rings. The van der Waals surface area contributed by atoms with Gasteiger partial charge in [-0.1, -0.05) is 6.42 Å². The van der Waals surface area contributed by atoms with E-state index in [1.165, 1.54) is 17.8 Å². The topological polar surface area (TPSA) is 149 Å². The molecule has 0 atom stereocenters. The zero-order valence-corrected chi connectivity index (χ0v) is 22.8. The summed E-state index contributed by atoms with van der Waals surface area (Å²) < 4.78 is 66.5.